The van der Waals surface area contributed by atoms with Gasteiger partial charge in [0.2, 0.25) is 0 Å². The summed E-state index contributed by atoms with van der Waals surface area (Å²) in [5.74, 6) is 1.30. The van der Waals surface area contributed by atoms with Gasteiger partial charge in [-0.1, -0.05) is 18.2 Å². The van der Waals surface area contributed by atoms with Crippen molar-refractivity contribution in [2.45, 2.75) is 18.9 Å². The molecule has 0 fully saturated rings. The van der Waals surface area contributed by atoms with Gasteiger partial charge in [0.15, 0.2) is 0 Å². The number of aromatic nitrogens is 1. The Morgan fingerprint density at radius 2 is 2.29 bits per heavy atom. The maximum absolute atomic E-state index is 9.02. The predicted molar refractivity (Wildman–Crippen MR) is 66.4 cm³/mol. The number of thiazole rings is 1. The molecule has 0 aliphatic carbocycles. The van der Waals surface area contributed by atoms with E-state index >= 15 is 0 Å². The molecule has 1 aliphatic heterocycles. The molecule has 88 valence electrons. The average Bonchev–Trinajstić information content (AvgIpc) is 2.87. The minimum absolute atomic E-state index is 0.0145. The highest BCUT2D eigenvalue weighted by atomic mass is 32.1. The highest BCUT2D eigenvalue weighted by molar-refractivity contribution is 7.09. The van der Waals surface area contributed by atoms with E-state index in [-0.39, 0.29) is 6.61 Å². The lowest BCUT2D eigenvalue weighted by Gasteiger charge is -2.23. The van der Waals surface area contributed by atoms with Crippen LogP contribution in [0.5, 0.6) is 5.75 Å². The summed E-state index contributed by atoms with van der Waals surface area (Å²) < 4.78 is 5.74. The van der Waals surface area contributed by atoms with Crippen molar-refractivity contribution in [2.24, 2.45) is 0 Å². The molecule has 3 rings (SSSR count). The molecule has 0 spiro atoms. The van der Waals surface area contributed by atoms with Gasteiger partial charge in [0.25, 0.3) is 0 Å². The second kappa shape index (κ2) is 4.47. The summed E-state index contributed by atoms with van der Waals surface area (Å²) in [5, 5.41) is 12.0. The molecule has 0 saturated heterocycles. The van der Waals surface area contributed by atoms with E-state index in [0.29, 0.717) is 12.5 Å². The maximum Gasteiger partial charge on any atom is 0.122 e. The normalized spacial score (nSPS) is 18.5. The number of hydrogen-bond donors (Lipinski definition) is 1. The molecule has 0 bridgehead atoms. The Morgan fingerprint density at radius 1 is 1.41 bits per heavy atom. The summed E-state index contributed by atoms with van der Waals surface area (Å²) in [4.78, 5) is 4.41. The number of aliphatic hydroxyl groups is 1. The largest absolute Gasteiger partial charge is 0.493 e. The fraction of sp³-hybridized carbons (Fsp3) is 0.308. The molecule has 2 heterocycles. The lowest BCUT2D eigenvalue weighted by Crippen LogP contribution is -2.19. The first-order chi connectivity index (χ1) is 8.36. The van der Waals surface area contributed by atoms with Crippen LogP contribution in [0.15, 0.2) is 29.6 Å². The van der Waals surface area contributed by atoms with Gasteiger partial charge in [-0.25, -0.2) is 4.98 Å². The second-order valence-electron chi connectivity index (χ2n) is 4.15. The van der Waals surface area contributed by atoms with E-state index in [4.69, 9.17) is 9.84 Å². The monoisotopic (exact) mass is 247 g/mol. The lowest BCUT2D eigenvalue weighted by atomic mass is 9.97. The molecule has 2 aromatic rings. The van der Waals surface area contributed by atoms with E-state index in [0.717, 1.165) is 22.9 Å². The third-order valence-corrected chi connectivity index (χ3v) is 4.02. The molecular weight excluding hydrogens is 234 g/mol. The zero-order valence-corrected chi connectivity index (χ0v) is 10.1. The summed E-state index contributed by atoms with van der Waals surface area (Å²) >= 11 is 1.60. The van der Waals surface area contributed by atoms with Crippen LogP contribution in [0, 0.1) is 0 Å². The van der Waals surface area contributed by atoms with Crippen LogP contribution in [0.4, 0.5) is 0 Å². The van der Waals surface area contributed by atoms with E-state index in [1.54, 1.807) is 11.3 Å². The van der Waals surface area contributed by atoms with Crippen molar-refractivity contribution < 1.29 is 9.84 Å². The number of nitrogens with zero attached hydrogens (tertiary/aromatic N) is 1. The van der Waals surface area contributed by atoms with Crippen molar-refractivity contribution in [3.63, 3.8) is 0 Å². The molecule has 1 aromatic heterocycles. The number of hydrogen-bond acceptors (Lipinski definition) is 4. The van der Waals surface area contributed by atoms with Crippen molar-refractivity contribution in [1.29, 1.82) is 0 Å². The van der Waals surface area contributed by atoms with Gasteiger partial charge in [-0.3, -0.25) is 0 Å². The van der Waals surface area contributed by atoms with Crippen molar-refractivity contribution in [1.82, 2.24) is 4.98 Å². The number of benzene rings is 1. The topological polar surface area (TPSA) is 42.4 Å². The summed E-state index contributed by atoms with van der Waals surface area (Å²) in [7, 11) is 0. The minimum Gasteiger partial charge on any atom is -0.493 e. The molecule has 1 N–H and O–H groups in total. The molecule has 4 heteroatoms. The van der Waals surface area contributed by atoms with Gasteiger partial charge >= 0.3 is 0 Å². The SMILES string of the molecule is OCc1csc(C2COc3ccccc3C2)n1. The molecule has 3 nitrogen and oxygen atoms in total. The van der Waals surface area contributed by atoms with Gasteiger partial charge in [-0.05, 0) is 18.1 Å². The van der Waals surface area contributed by atoms with Crippen LogP contribution in [-0.4, -0.2) is 16.7 Å². The van der Waals surface area contributed by atoms with Crippen molar-refractivity contribution in [2.75, 3.05) is 6.61 Å². The smallest absolute Gasteiger partial charge is 0.122 e. The first-order valence-corrected chi connectivity index (χ1v) is 6.50. The Labute approximate surface area is 104 Å². The Morgan fingerprint density at radius 3 is 3.12 bits per heavy atom. The number of fused-ring (bicyclic) bond motifs is 1. The van der Waals surface area contributed by atoms with Crippen LogP contribution in [0.25, 0.3) is 0 Å². The van der Waals surface area contributed by atoms with E-state index in [9.17, 15) is 0 Å². The van der Waals surface area contributed by atoms with Crippen molar-refractivity contribution >= 4 is 11.3 Å². The van der Waals surface area contributed by atoms with E-state index in [2.05, 4.69) is 11.1 Å². The number of para-hydroxylation sites is 1. The van der Waals surface area contributed by atoms with E-state index in [1.165, 1.54) is 5.56 Å². The van der Waals surface area contributed by atoms with E-state index < -0.39 is 0 Å². The fourth-order valence-electron chi connectivity index (χ4n) is 2.07. The zero-order chi connectivity index (χ0) is 11.7. The van der Waals surface area contributed by atoms with Crippen LogP contribution >= 0.6 is 11.3 Å². The summed E-state index contributed by atoms with van der Waals surface area (Å²) in [6.07, 6.45) is 0.967. The highest BCUT2D eigenvalue weighted by Gasteiger charge is 2.23. The summed E-state index contributed by atoms with van der Waals surface area (Å²) in [6.45, 7) is 0.691. The summed E-state index contributed by atoms with van der Waals surface area (Å²) in [5.41, 5.74) is 1.99. The van der Waals surface area contributed by atoms with Crippen LogP contribution in [0.2, 0.25) is 0 Å². The summed E-state index contributed by atoms with van der Waals surface area (Å²) in [6, 6.07) is 8.13. The van der Waals surface area contributed by atoms with Crippen molar-refractivity contribution in [3.05, 3.63) is 45.9 Å². The third-order valence-electron chi connectivity index (χ3n) is 2.96. The molecule has 1 aromatic carbocycles. The minimum atomic E-state index is 0.0145. The second-order valence-corrected chi connectivity index (χ2v) is 5.04. The maximum atomic E-state index is 9.02. The van der Waals surface area contributed by atoms with Gasteiger partial charge in [-0.15, -0.1) is 11.3 Å². The van der Waals surface area contributed by atoms with Crippen LogP contribution in [0.1, 0.15) is 22.2 Å². The van der Waals surface area contributed by atoms with Gasteiger partial charge in [0, 0.05) is 11.3 Å². The zero-order valence-electron chi connectivity index (χ0n) is 9.30. The van der Waals surface area contributed by atoms with Crippen LogP contribution < -0.4 is 4.74 Å². The first-order valence-electron chi connectivity index (χ1n) is 5.62. The Balaban J connectivity index is 1.84. The molecule has 1 aliphatic rings. The molecule has 0 saturated carbocycles. The van der Waals surface area contributed by atoms with Crippen LogP contribution in [0.3, 0.4) is 0 Å². The molecule has 0 radical (unpaired) electrons. The van der Waals surface area contributed by atoms with Crippen LogP contribution in [-0.2, 0) is 13.0 Å². The lowest BCUT2D eigenvalue weighted by molar-refractivity contribution is 0.260. The van der Waals surface area contributed by atoms with Gasteiger partial charge in [-0.2, -0.15) is 0 Å². The molecule has 1 unspecified atom stereocenters. The number of ether oxygens (including phenoxy) is 1. The van der Waals surface area contributed by atoms with Gasteiger partial charge < -0.3 is 9.84 Å². The molecule has 17 heavy (non-hydrogen) atoms. The predicted octanol–water partition coefficient (Wildman–Crippen LogP) is 2.35. The number of rotatable bonds is 2. The number of aliphatic hydroxyl groups excluding tert-OH is 1. The Hall–Kier alpha value is -1.39. The van der Waals surface area contributed by atoms with E-state index in [1.807, 2.05) is 23.6 Å². The third kappa shape index (κ3) is 2.06. The first kappa shape index (κ1) is 10.7. The van der Waals surface area contributed by atoms with Gasteiger partial charge in [0.05, 0.1) is 23.9 Å². The molecular formula is C13H13NO2S. The standard InChI is InChI=1S/C13H13NO2S/c15-6-11-8-17-13(14-11)10-5-9-3-1-2-4-12(9)16-7-10/h1-4,8,10,15H,5-7H2. The Bertz CT molecular complexity index is 524. The average molecular weight is 247 g/mol. The highest BCUT2D eigenvalue weighted by Crippen LogP contribution is 2.33. The Kier molecular flexibility index (Phi) is 2.82. The van der Waals surface area contributed by atoms with Crippen molar-refractivity contribution in [3.8, 4) is 5.75 Å². The van der Waals surface area contributed by atoms with Gasteiger partial charge in [0.1, 0.15) is 5.75 Å². The molecule has 1 atom stereocenters. The fourth-order valence-corrected chi connectivity index (χ4v) is 2.97. The molecule has 0 amide bonds. The quantitative estimate of drug-likeness (QED) is 0.885.